The standard InChI is InChI=1S/C16H19NO2/c1-10(15-8-11-5-6-12(15)7-11)17-14-4-2-3-13(9-14)16(18)19/h2-6,9-12,15,17H,7-8H2,1H3,(H,18,19). The van der Waals surface area contributed by atoms with Crippen LogP contribution in [0.25, 0.3) is 0 Å². The van der Waals surface area contributed by atoms with Gasteiger partial charge in [-0.15, -0.1) is 0 Å². The van der Waals surface area contributed by atoms with E-state index in [2.05, 4.69) is 24.4 Å². The summed E-state index contributed by atoms with van der Waals surface area (Å²) >= 11 is 0. The Labute approximate surface area is 113 Å². The van der Waals surface area contributed by atoms with E-state index >= 15 is 0 Å². The number of carboxylic acid groups (broad SMARTS) is 1. The molecule has 2 aliphatic carbocycles. The number of aromatic carboxylic acids is 1. The third-order valence-electron chi connectivity index (χ3n) is 4.48. The molecule has 1 aromatic rings. The van der Waals surface area contributed by atoms with Crippen molar-refractivity contribution in [2.45, 2.75) is 25.8 Å². The predicted molar refractivity (Wildman–Crippen MR) is 75.3 cm³/mol. The Morgan fingerprint density at radius 1 is 1.37 bits per heavy atom. The molecular formula is C16H19NO2. The molecule has 4 unspecified atom stereocenters. The molecule has 0 radical (unpaired) electrons. The number of hydrogen-bond donors (Lipinski definition) is 2. The molecule has 0 aromatic heterocycles. The Kier molecular flexibility index (Phi) is 3.05. The monoisotopic (exact) mass is 257 g/mol. The molecule has 2 bridgehead atoms. The molecule has 19 heavy (non-hydrogen) atoms. The smallest absolute Gasteiger partial charge is 0.335 e. The summed E-state index contributed by atoms with van der Waals surface area (Å²) in [4.78, 5) is 11.0. The lowest BCUT2D eigenvalue weighted by molar-refractivity contribution is 0.0697. The first-order valence-corrected chi connectivity index (χ1v) is 6.91. The molecule has 1 saturated carbocycles. The maximum Gasteiger partial charge on any atom is 0.335 e. The number of nitrogens with one attached hydrogen (secondary N) is 1. The Balaban J connectivity index is 1.69. The number of rotatable bonds is 4. The molecule has 0 saturated heterocycles. The van der Waals surface area contributed by atoms with E-state index in [1.54, 1.807) is 18.2 Å². The highest BCUT2D eigenvalue weighted by Gasteiger charge is 2.38. The van der Waals surface area contributed by atoms with Crippen LogP contribution in [0.15, 0.2) is 36.4 Å². The summed E-state index contributed by atoms with van der Waals surface area (Å²) in [6.07, 6.45) is 7.25. The fourth-order valence-corrected chi connectivity index (χ4v) is 3.51. The van der Waals surface area contributed by atoms with Gasteiger partial charge in [0.25, 0.3) is 0 Å². The Bertz CT molecular complexity index is 523. The molecule has 0 heterocycles. The summed E-state index contributed by atoms with van der Waals surface area (Å²) in [5.41, 5.74) is 1.24. The molecule has 1 fully saturated rings. The molecule has 1 aromatic carbocycles. The predicted octanol–water partition coefficient (Wildman–Crippen LogP) is 3.40. The fraction of sp³-hybridized carbons (Fsp3) is 0.438. The number of carboxylic acids is 1. The average molecular weight is 257 g/mol. The van der Waals surface area contributed by atoms with E-state index in [-0.39, 0.29) is 0 Å². The van der Waals surface area contributed by atoms with E-state index in [9.17, 15) is 4.79 Å². The van der Waals surface area contributed by atoms with E-state index in [1.807, 2.05) is 6.07 Å². The van der Waals surface area contributed by atoms with Gasteiger partial charge in [0.05, 0.1) is 5.56 Å². The molecule has 100 valence electrons. The van der Waals surface area contributed by atoms with Gasteiger partial charge in [-0.1, -0.05) is 18.2 Å². The molecule has 3 rings (SSSR count). The first-order chi connectivity index (χ1) is 9.13. The van der Waals surface area contributed by atoms with E-state index in [0.29, 0.717) is 23.4 Å². The molecule has 0 amide bonds. The number of carbonyl (C=O) groups is 1. The maximum atomic E-state index is 11.0. The second-order valence-corrected chi connectivity index (χ2v) is 5.76. The van der Waals surface area contributed by atoms with Crippen LogP contribution in [0.2, 0.25) is 0 Å². The van der Waals surface area contributed by atoms with Crippen molar-refractivity contribution >= 4 is 11.7 Å². The van der Waals surface area contributed by atoms with Crippen LogP contribution in [0.1, 0.15) is 30.1 Å². The molecule has 3 heteroatoms. The Hall–Kier alpha value is -1.77. The van der Waals surface area contributed by atoms with Crippen molar-refractivity contribution in [2.75, 3.05) is 5.32 Å². The summed E-state index contributed by atoms with van der Waals surface area (Å²) in [6, 6.07) is 7.44. The molecule has 0 spiro atoms. The van der Waals surface area contributed by atoms with Crippen molar-refractivity contribution in [3.05, 3.63) is 42.0 Å². The van der Waals surface area contributed by atoms with Crippen LogP contribution in [0.4, 0.5) is 5.69 Å². The van der Waals surface area contributed by atoms with Crippen LogP contribution in [-0.2, 0) is 0 Å². The van der Waals surface area contributed by atoms with Gasteiger partial charge in [0, 0.05) is 11.7 Å². The largest absolute Gasteiger partial charge is 0.478 e. The van der Waals surface area contributed by atoms with E-state index in [1.165, 1.54) is 12.8 Å². The van der Waals surface area contributed by atoms with E-state index in [4.69, 9.17) is 5.11 Å². The summed E-state index contributed by atoms with van der Waals surface area (Å²) in [7, 11) is 0. The molecule has 4 atom stereocenters. The van der Waals surface area contributed by atoms with E-state index < -0.39 is 5.97 Å². The third kappa shape index (κ3) is 2.37. The Morgan fingerprint density at radius 2 is 2.21 bits per heavy atom. The lowest BCUT2D eigenvalue weighted by Gasteiger charge is -2.27. The van der Waals surface area contributed by atoms with Gasteiger partial charge in [-0.25, -0.2) is 4.79 Å². The second-order valence-electron chi connectivity index (χ2n) is 5.76. The zero-order chi connectivity index (χ0) is 13.4. The van der Waals surface area contributed by atoms with Gasteiger partial charge in [-0.2, -0.15) is 0 Å². The number of anilines is 1. The third-order valence-corrected chi connectivity index (χ3v) is 4.48. The van der Waals surface area contributed by atoms with E-state index in [0.717, 1.165) is 11.6 Å². The van der Waals surface area contributed by atoms with Gasteiger partial charge < -0.3 is 10.4 Å². The molecule has 2 aliphatic rings. The van der Waals surface area contributed by atoms with Crippen LogP contribution >= 0.6 is 0 Å². The minimum Gasteiger partial charge on any atom is -0.478 e. The summed E-state index contributed by atoms with van der Waals surface area (Å²) < 4.78 is 0. The first kappa shape index (κ1) is 12.3. The van der Waals surface area contributed by atoms with Crippen molar-refractivity contribution in [3.8, 4) is 0 Å². The van der Waals surface area contributed by atoms with Gasteiger partial charge >= 0.3 is 5.97 Å². The fourth-order valence-electron chi connectivity index (χ4n) is 3.51. The van der Waals surface area contributed by atoms with Crippen molar-refractivity contribution in [3.63, 3.8) is 0 Å². The van der Waals surface area contributed by atoms with Crippen molar-refractivity contribution in [1.82, 2.24) is 0 Å². The average Bonchev–Trinajstić information content (AvgIpc) is 3.01. The molecule has 2 N–H and O–H groups in total. The van der Waals surface area contributed by atoms with Crippen LogP contribution in [0.3, 0.4) is 0 Å². The molecular weight excluding hydrogens is 238 g/mol. The highest BCUT2D eigenvalue weighted by molar-refractivity contribution is 5.88. The van der Waals surface area contributed by atoms with Crippen LogP contribution in [0.5, 0.6) is 0 Å². The number of benzene rings is 1. The first-order valence-electron chi connectivity index (χ1n) is 6.91. The lowest BCUT2D eigenvalue weighted by Crippen LogP contribution is -2.28. The van der Waals surface area contributed by atoms with Crippen LogP contribution in [0, 0.1) is 17.8 Å². The number of fused-ring (bicyclic) bond motifs is 2. The zero-order valence-electron chi connectivity index (χ0n) is 11.0. The van der Waals surface area contributed by atoms with Gasteiger partial charge in [0.1, 0.15) is 0 Å². The van der Waals surface area contributed by atoms with Crippen molar-refractivity contribution in [2.24, 2.45) is 17.8 Å². The van der Waals surface area contributed by atoms with Crippen LogP contribution < -0.4 is 5.32 Å². The van der Waals surface area contributed by atoms with Crippen LogP contribution in [-0.4, -0.2) is 17.1 Å². The minimum atomic E-state index is -0.876. The summed E-state index contributed by atoms with van der Waals surface area (Å²) in [5.74, 6) is 1.27. The minimum absolute atomic E-state index is 0.338. The van der Waals surface area contributed by atoms with Gasteiger partial charge in [-0.05, 0) is 55.7 Å². The summed E-state index contributed by atoms with van der Waals surface area (Å²) in [5, 5.41) is 12.5. The highest BCUT2D eigenvalue weighted by atomic mass is 16.4. The van der Waals surface area contributed by atoms with Crippen molar-refractivity contribution < 1.29 is 9.90 Å². The molecule has 3 nitrogen and oxygen atoms in total. The maximum absolute atomic E-state index is 11.0. The Morgan fingerprint density at radius 3 is 2.84 bits per heavy atom. The quantitative estimate of drug-likeness (QED) is 0.813. The number of hydrogen-bond acceptors (Lipinski definition) is 2. The number of allylic oxidation sites excluding steroid dienone is 2. The second kappa shape index (κ2) is 4.72. The normalized spacial score (nSPS) is 29.4. The van der Waals surface area contributed by atoms with Crippen molar-refractivity contribution in [1.29, 1.82) is 0 Å². The SMILES string of the molecule is CC(Nc1cccc(C(=O)O)c1)C1CC2C=CC1C2. The van der Waals surface area contributed by atoms with Gasteiger partial charge in [-0.3, -0.25) is 0 Å². The van der Waals surface area contributed by atoms with Gasteiger partial charge in [0.15, 0.2) is 0 Å². The highest BCUT2D eigenvalue weighted by Crippen LogP contribution is 2.45. The summed E-state index contributed by atoms with van der Waals surface area (Å²) in [6.45, 7) is 2.20. The molecule has 0 aliphatic heterocycles. The zero-order valence-corrected chi connectivity index (χ0v) is 11.0. The lowest BCUT2D eigenvalue weighted by atomic mass is 9.87. The van der Waals surface area contributed by atoms with Gasteiger partial charge in [0.2, 0.25) is 0 Å². The topological polar surface area (TPSA) is 49.3 Å².